The molecule has 0 aliphatic carbocycles. The minimum atomic E-state index is -5.21. The third-order valence-electron chi connectivity index (χ3n) is 5.40. The molecule has 1 aromatic heterocycles. The number of pyridine rings is 1. The van der Waals surface area contributed by atoms with Gasteiger partial charge in [-0.1, -0.05) is 29.3 Å². The highest BCUT2D eigenvalue weighted by molar-refractivity contribution is 6.32. The Morgan fingerprint density at radius 2 is 1.68 bits per heavy atom. The molecular weight excluding hydrogens is 553 g/mol. The van der Waals surface area contributed by atoms with Crippen LogP contribution in [0, 0.1) is 11.2 Å². The predicted octanol–water partition coefficient (Wildman–Crippen LogP) is 5.96. The number of carbonyl (C=O) groups is 2. The van der Waals surface area contributed by atoms with Gasteiger partial charge in [-0.3, -0.25) is 15.0 Å². The molecule has 0 saturated carbocycles. The van der Waals surface area contributed by atoms with Gasteiger partial charge >= 0.3 is 6.36 Å². The monoisotopic (exact) mass is 569 g/mol. The van der Waals surface area contributed by atoms with Crippen molar-refractivity contribution in [2.24, 2.45) is 0 Å². The molecule has 1 fully saturated rings. The van der Waals surface area contributed by atoms with Crippen molar-refractivity contribution in [1.29, 1.82) is 5.41 Å². The second-order valence-electron chi connectivity index (χ2n) is 8.03. The highest BCUT2D eigenvalue weighted by Crippen LogP contribution is 2.37. The molecule has 3 aromatic rings. The second kappa shape index (κ2) is 10.8. The van der Waals surface area contributed by atoms with Gasteiger partial charge in [0.25, 0.3) is 11.8 Å². The number of aromatic nitrogens is 1. The van der Waals surface area contributed by atoms with Gasteiger partial charge < -0.3 is 20.3 Å². The van der Waals surface area contributed by atoms with E-state index in [2.05, 4.69) is 20.4 Å². The quantitative estimate of drug-likeness (QED) is 0.193. The first kappa shape index (κ1) is 27.1. The molecule has 0 atom stereocenters. The van der Waals surface area contributed by atoms with Gasteiger partial charge in [0.05, 0.1) is 21.8 Å². The molecule has 2 aromatic carbocycles. The number of nitrogens with one attached hydrogen (secondary N) is 3. The van der Waals surface area contributed by atoms with Gasteiger partial charge in [0.2, 0.25) is 0 Å². The fourth-order valence-corrected chi connectivity index (χ4v) is 3.80. The Morgan fingerprint density at radius 1 is 0.974 bits per heavy atom. The van der Waals surface area contributed by atoms with Crippen LogP contribution in [0.4, 0.5) is 29.1 Å². The second-order valence-corrected chi connectivity index (χ2v) is 8.90. The van der Waals surface area contributed by atoms with E-state index < -0.39 is 46.6 Å². The maximum absolute atomic E-state index is 14.9. The summed E-state index contributed by atoms with van der Waals surface area (Å²) in [5, 5.41) is 12.6. The van der Waals surface area contributed by atoms with Crippen LogP contribution in [-0.4, -0.2) is 47.0 Å². The topological polar surface area (TPSA) is 107 Å². The highest BCUT2D eigenvalue weighted by atomic mass is 35.5. The van der Waals surface area contributed by atoms with Crippen LogP contribution in [0.3, 0.4) is 0 Å². The van der Waals surface area contributed by atoms with Crippen molar-refractivity contribution in [1.82, 2.24) is 9.88 Å². The zero-order valence-electron chi connectivity index (χ0n) is 19.1. The van der Waals surface area contributed by atoms with Crippen molar-refractivity contribution < 1.29 is 31.9 Å². The van der Waals surface area contributed by atoms with Gasteiger partial charge in [-0.05, 0) is 36.8 Å². The molecule has 8 nitrogen and oxygen atoms in total. The summed E-state index contributed by atoms with van der Waals surface area (Å²) in [4.78, 5) is 31.5. The third kappa shape index (κ3) is 6.32. The lowest BCUT2D eigenvalue weighted by Crippen LogP contribution is -2.42. The summed E-state index contributed by atoms with van der Waals surface area (Å²) in [7, 11) is 0. The van der Waals surface area contributed by atoms with E-state index in [1.807, 2.05) is 0 Å². The summed E-state index contributed by atoms with van der Waals surface area (Å²) in [6.45, 7) is 1.30. The predicted molar refractivity (Wildman–Crippen MR) is 133 cm³/mol. The fraction of sp³-hybridized carbons (Fsp3) is 0.167. The van der Waals surface area contributed by atoms with Gasteiger partial charge in [-0.15, -0.1) is 13.2 Å². The molecular formula is C24H17Cl2F4N5O3. The number of hydrogen-bond acceptors (Lipinski definition) is 5. The van der Waals surface area contributed by atoms with Gasteiger partial charge in [-0.2, -0.15) is 0 Å². The summed E-state index contributed by atoms with van der Waals surface area (Å²) in [5.41, 5.74) is -1.54. The van der Waals surface area contributed by atoms with Crippen molar-refractivity contribution in [3.8, 4) is 5.75 Å². The number of amidine groups is 1. The molecule has 2 heterocycles. The van der Waals surface area contributed by atoms with Crippen LogP contribution in [0.1, 0.15) is 32.7 Å². The van der Waals surface area contributed by atoms with E-state index in [0.717, 1.165) is 30.7 Å². The van der Waals surface area contributed by atoms with Crippen LogP contribution in [0.2, 0.25) is 10.0 Å². The number of rotatable bonds is 6. The number of anilines is 2. The number of benzene rings is 2. The Hall–Kier alpha value is -3.90. The summed E-state index contributed by atoms with van der Waals surface area (Å²) < 4.78 is 58.2. The molecule has 1 aliphatic rings. The number of likely N-dealkylation sites (tertiary alicyclic amines) is 1. The Morgan fingerprint density at radius 3 is 2.26 bits per heavy atom. The van der Waals surface area contributed by atoms with E-state index in [0.29, 0.717) is 13.1 Å². The minimum absolute atomic E-state index is 0.00113. The Labute approximate surface area is 223 Å². The molecule has 4 rings (SSSR count). The van der Waals surface area contributed by atoms with Crippen molar-refractivity contribution >= 4 is 52.4 Å². The number of alkyl halides is 3. The Bertz CT molecular complexity index is 1410. The third-order valence-corrected chi connectivity index (χ3v) is 5.85. The number of ether oxygens (including phenoxy) is 1. The average molecular weight is 570 g/mol. The molecule has 14 heteroatoms. The molecule has 198 valence electrons. The van der Waals surface area contributed by atoms with Crippen LogP contribution in [-0.2, 0) is 0 Å². The molecule has 1 aliphatic heterocycles. The zero-order chi connectivity index (χ0) is 27.6. The van der Waals surface area contributed by atoms with Crippen molar-refractivity contribution in [3.05, 3.63) is 81.2 Å². The minimum Gasteiger partial charge on any atom is -0.403 e. The average Bonchev–Trinajstić information content (AvgIpc) is 2.79. The highest BCUT2D eigenvalue weighted by Gasteiger charge is 2.34. The lowest BCUT2D eigenvalue weighted by molar-refractivity contribution is -0.274. The lowest BCUT2D eigenvalue weighted by Gasteiger charge is -2.33. The largest absolute Gasteiger partial charge is 0.573 e. The Kier molecular flexibility index (Phi) is 7.74. The molecule has 0 bridgehead atoms. The number of carbonyl (C=O) groups excluding carboxylic acids is 2. The number of nitrogens with zero attached hydrogens (tertiary/aromatic N) is 2. The van der Waals surface area contributed by atoms with Crippen LogP contribution < -0.4 is 15.4 Å². The summed E-state index contributed by atoms with van der Waals surface area (Å²) in [6.07, 6.45) is -3.08. The van der Waals surface area contributed by atoms with Gasteiger partial charge in [0.1, 0.15) is 17.5 Å². The van der Waals surface area contributed by atoms with E-state index in [-0.39, 0.29) is 27.3 Å². The van der Waals surface area contributed by atoms with E-state index >= 15 is 0 Å². The smallest absolute Gasteiger partial charge is 0.403 e. The SMILES string of the molecule is N=C(c1ccc(C(=O)Nc2c(OC(F)(F)F)cc(Cl)cc2C(=O)Nc2ccc(Cl)cn2)c(F)c1)N1CCC1. The van der Waals surface area contributed by atoms with E-state index in [4.69, 9.17) is 28.6 Å². The van der Waals surface area contributed by atoms with Crippen molar-refractivity contribution in [3.63, 3.8) is 0 Å². The fourth-order valence-electron chi connectivity index (χ4n) is 3.48. The lowest BCUT2D eigenvalue weighted by atomic mass is 10.1. The number of amides is 2. The molecule has 1 saturated heterocycles. The van der Waals surface area contributed by atoms with Crippen LogP contribution in [0.25, 0.3) is 0 Å². The first-order valence-corrected chi connectivity index (χ1v) is 11.6. The van der Waals surface area contributed by atoms with Crippen molar-refractivity contribution in [2.75, 3.05) is 23.7 Å². The summed E-state index contributed by atoms with van der Waals surface area (Å²) in [5.74, 6) is -4.10. The molecule has 2 amide bonds. The van der Waals surface area contributed by atoms with E-state index in [1.54, 1.807) is 4.90 Å². The van der Waals surface area contributed by atoms with Crippen LogP contribution >= 0.6 is 23.2 Å². The first-order chi connectivity index (χ1) is 17.9. The normalized spacial score (nSPS) is 12.9. The molecule has 0 radical (unpaired) electrons. The van der Waals surface area contributed by atoms with Gasteiger partial charge in [0, 0.05) is 35.9 Å². The molecule has 0 spiro atoms. The van der Waals surface area contributed by atoms with Gasteiger partial charge in [-0.25, -0.2) is 9.37 Å². The Balaban J connectivity index is 1.67. The van der Waals surface area contributed by atoms with E-state index in [1.165, 1.54) is 24.4 Å². The van der Waals surface area contributed by atoms with E-state index in [9.17, 15) is 27.2 Å². The summed E-state index contributed by atoms with van der Waals surface area (Å²) in [6, 6.07) is 7.90. The maximum Gasteiger partial charge on any atom is 0.573 e. The van der Waals surface area contributed by atoms with Crippen LogP contribution in [0.5, 0.6) is 5.75 Å². The molecule has 0 unspecified atom stereocenters. The first-order valence-electron chi connectivity index (χ1n) is 10.9. The maximum atomic E-state index is 14.9. The number of halogens is 6. The number of hydrogen-bond donors (Lipinski definition) is 3. The molecule has 38 heavy (non-hydrogen) atoms. The zero-order valence-corrected chi connectivity index (χ0v) is 20.6. The standard InChI is InChI=1S/C24H17Cl2F4N5O3/c25-13-3-5-19(32-11-13)33-23(37)16-9-14(26)10-18(38-24(28,29)30)20(16)34-22(36)15-4-2-12(8-17(15)27)21(31)35-6-1-7-35/h2-5,8-11,31H,1,6-7H2,(H,34,36)(H,32,33,37). The van der Waals surface area contributed by atoms with Gasteiger partial charge in [0.15, 0.2) is 5.75 Å². The van der Waals surface area contributed by atoms with Crippen LogP contribution in [0.15, 0.2) is 48.7 Å². The van der Waals surface area contributed by atoms with Crippen molar-refractivity contribution in [2.45, 2.75) is 12.8 Å². The molecule has 3 N–H and O–H groups in total. The summed E-state index contributed by atoms with van der Waals surface area (Å²) >= 11 is 11.7.